The average Bonchev–Trinajstić information content (AvgIpc) is 2.60. The van der Waals surface area contributed by atoms with Gasteiger partial charge in [-0.1, -0.05) is 42.1 Å². The predicted octanol–water partition coefficient (Wildman–Crippen LogP) is 3.92. The van der Waals surface area contributed by atoms with E-state index in [0.29, 0.717) is 4.83 Å². The largest absolute Gasteiger partial charge is 0.268 e. The molecule has 0 fully saturated rings. The summed E-state index contributed by atoms with van der Waals surface area (Å²) in [7, 11) is 0. The molecule has 0 aromatic carbocycles. The Labute approximate surface area is 94.8 Å². The summed E-state index contributed by atoms with van der Waals surface area (Å²) in [5.41, 5.74) is 1.28. The van der Waals surface area contributed by atoms with E-state index in [-0.39, 0.29) is 0 Å². The third-order valence-corrected chi connectivity index (χ3v) is 2.85. The van der Waals surface area contributed by atoms with Crippen LogP contribution < -0.4 is 0 Å². The number of rotatable bonds is 6. The van der Waals surface area contributed by atoms with Crippen molar-refractivity contribution in [3.8, 4) is 0 Å². The number of nitrogens with zero attached hydrogens (tertiary/aromatic N) is 2. The highest BCUT2D eigenvalue weighted by Gasteiger charge is 2.06. The number of aryl methyl sites for hydroxylation is 1. The molecule has 0 aliphatic carbocycles. The fraction of sp³-hybridized carbons (Fsp3) is 0.727. The molecule has 0 bridgehead atoms. The molecule has 1 aromatic heterocycles. The molecule has 3 heteroatoms. The van der Waals surface area contributed by atoms with Crippen LogP contribution in [0.15, 0.2) is 12.3 Å². The molecule has 0 aliphatic heterocycles. The van der Waals surface area contributed by atoms with Crippen LogP contribution in [0.25, 0.3) is 0 Å². The molecule has 1 rings (SSSR count). The van der Waals surface area contributed by atoms with Gasteiger partial charge in [-0.3, -0.25) is 4.68 Å². The van der Waals surface area contributed by atoms with Crippen LogP contribution in [0.4, 0.5) is 0 Å². The van der Waals surface area contributed by atoms with Crippen molar-refractivity contribution in [2.75, 3.05) is 0 Å². The van der Waals surface area contributed by atoms with Gasteiger partial charge in [0.15, 0.2) is 0 Å². The third-order valence-electron chi connectivity index (χ3n) is 2.38. The first-order chi connectivity index (χ1) is 6.75. The van der Waals surface area contributed by atoms with E-state index in [4.69, 9.17) is 0 Å². The fourth-order valence-electron chi connectivity index (χ4n) is 1.56. The number of halogens is 1. The van der Waals surface area contributed by atoms with E-state index in [2.05, 4.69) is 45.6 Å². The Morgan fingerprint density at radius 1 is 1.43 bits per heavy atom. The molecule has 0 amide bonds. The minimum atomic E-state index is 0.399. The third kappa shape index (κ3) is 3.45. The van der Waals surface area contributed by atoms with Gasteiger partial charge >= 0.3 is 0 Å². The van der Waals surface area contributed by atoms with Crippen LogP contribution in [0.1, 0.15) is 50.1 Å². The van der Waals surface area contributed by atoms with Crippen LogP contribution in [0.5, 0.6) is 0 Å². The van der Waals surface area contributed by atoms with Crippen molar-refractivity contribution in [2.45, 2.75) is 50.9 Å². The summed E-state index contributed by atoms with van der Waals surface area (Å²) in [4.78, 5) is 0.399. The van der Waals surface area contributed by atoms with E-state index in [0.717, 1.165) is 6.54 Å². The zero-order valence-corrected chi connectivity index (χ0v) is 10.6. The molecule has 1 aromatic rings. The molecule has 1 unspecified atom stereocenters. The lowest BCUT2D eigenvalue weighted by Crippen LogP contribution is -2.05. The number of hydrogen-bond acceptors (Lipinski definition) is 1. The summed E-state index contributed by atoms with van der Waals surface area (Å²) in [5, 5.41) is 4.32. The number of alkyl halides is 1. The second kappa shape index (κ2) is 6.23. The second-order valence-corrected chi connectivity index (χ2v) is 5.03. The summed E-state index contributed by atoms with van der Waals surface area (Å²) >= 11 is 3.57. The smallest absolute Gasteiger partial charge is 0.0536 e. The van der Waals surface area contributed by atoms with Crippen molar-refractivity contribution >= 4 is 15.9 Å². The Bertz CT molecular complexity index is 256. The van der Waals surface area contributed by atoms with Crippen LogP contribution >= 0.6 is 15.9 Å². The molecule has 80 valence electrons. The lowest BCUT2D eigenvalue weighted by atomic mass is 10.2. The SMILES string of the molecule is CCCCCCn1nccc1C(C)Br. The van der Waals surface area contributed by atoms with E-state index in [9.17, 15) is 0 Å². The van der Waals surface area contributed by atoms with Crippen molar-refractivity contribution in [3.05, 3.63) is 18.0 Å². The van der Waals surface area contributed by atoms with Crippen molar-refractivity contribution in [1.29, 1.82) is 0 Å². The molecule has 0 aliphatic rings. The van der Waals surface area contributed by atoms with Gasteiger partial charge in [-0.15, -0.1) is 0 Å². The maximum atomic E-state index is 4.32. The zero-order chi connectivity index (χ0) is 10.4. The van der Waals surface area contributed by atoms with E-state index < -0.39 is 0 Å². The molecule has 0 saturated heterocycles. The Kier molecular flexibility index (Phi) is 5.23. The monoisotopic (exact) mass is 258 g/mol. The lowest BCUT2D eigenvalue weighted by molar-refractivity contribution is 0.525. The van der Waals surface area contributed by atoms with Crippen LogP contribution in [0, 0.1) is 0 Å². The van der Waals surface area contributed by atoms with Gasteiger partial charge in [0.05, 0.1) is 10.5 Å². The van der Waals surface area contributed by atoms with E-state index in [1.165, 1.54) is 31.4 Å². The van der Waals surface area contributed by atoms with Crippen molar-refractivity contribution in [3.63, 3.8) is 0 Å². The van der Waals surface area contributed by atoms with Crippen LogP contribution in [-0.2, 0) is 6.54 Å². The Balaban J connectivity index is 2.38. The van der Waals surface area contributed by atoms with Crippen LogP contribution in [0.3, 0.4) is 0 Å². The minimum Gasteiger partial charge on any atom is -0.268 e. The molecule has 0 N–H and O–H groups in total. The van der Waals surface area contributed by atoms with Gasteiger partial charge in [0.2, 0.25) is 0 Å². The quantitative estimate of drug-likeness (QED) is 0.559. The molecule has 0 radical (unpaired) electrons. The van der Waals surface area contributed by atoms with Crippen molar-refractivity contribution < 1.29 is 0 Å². The highest BCUT2D eigenvalue weighted by atomic mass is 79.9. The highest BCUT2D eigenvalue weighted by Crippen LogP contribution is 2.21. The Hall–Kier alpha value is -0.310. The first-order valence-corrected chi connectivity index (χ1v) is 6.33. The first-order valence-electron chi connectivity index (χ1n) is 5.41. The predicted molar refractivity (Wildman–Crippen MR) is 63.7 cm³/mol. The fourth-order valence-corrected chi connectivity index (χ4v) is 1.94. The zero-order valence-electron chi connectivity index (χ0n) is 9.04. The molecule has 0 saturated carbocycles. The van der Waals surface area contributed by atoms with Gasteiger partial charge in [-0.25, -0.2) is 0 Å². The molecule has 1 heterocycles. The maximum absolute atomic E-state index is 4.32. The lowest BCUT2D eigenvalue weighted by Gasteiger charge is -2.08. The van der Waals surface area contributed by atoms with Gasteiger partial charge in [-0.05, 0) is 19.4 Å². The van der Waals surface area contributed by atoms with Gasteiger partial charge in [0, 0.05) is 12.7 Å². The molecular weight excluding hydrogens is 240 g/mol. The molecular formula is C11H19BrN2. The summed E-state index contributed by atoms with van der Waals surface area (Å²) < 4.78 is 2.11. The summed E-state index contributed by atoms with van der Waals surface area (Å²) in [6, 6.07) is 2.08. The van der Waals surface area contributed by atoms with E-state index in [1.807, 2.05) is 6.20 Å². The summed E-state index contributed by atoms with van der Waals surface area (Å²) in [6.45, 7) is 5.43. The van der Waals surface area contributed by atoms with Gasteiger partial charge in [-0.2, -0.15) is 5.10 Å². The van der Waals surface area contributed by atoms with Crippen molar-refractivity contribution in [1.82, 2.24) is 9.78 Å². The van der Waals surface area contributed by atoms with Gasteiger partial charge in [0.25, 0.3) is 0 Å². The molecule has 2 nitrogen and oxygen atoms in total. The minimum absolute atomic E-state index is 0.399. The Morgan fingerprint density at radius 2 is 2.21 bits per heavy atom. The second-order valence-electron chi connectivity index (χ2n) is 3.66. The average molecular weight is 259 g/mol. The summed E-state index contributed by atoms with van der Waals surface area (Å²) in [6.07, 6.45) is 7.06. The van der Waals surface area contributed by atoms with Crippen LogP contribution in [0.2, 0.25) is 0 Å². The first kappa shape index (κ1) is 11.8. The number of unbranched alkanes of at least 4 members (excludes halogenated alkanes) is 3. The standard InChI is InChI=1S/C11H19BrN2/c1-3-4-5-6-9-14-11(10(2)12)7-8-13-14/h7-8,10H,3-6,9H2,1-2H3. The van der Waals surface area contributed by atoms with Gasteiger partial charge < -0.3 is 0 Å². The number of hydrogen-bond donors (Lipinski definition) is 0. The maximum Gasteiger partial charge on any atom is 0.0536 e. The number of aromatic nitrogens is 2. The molecule has 0 spiro atoms. The highest BCUT2D eigenvalue weighted by molar-refractivity contribution is 9.09. The molecule has 1 atom stereocenters. The summed E-state index contributed by atoms with van der Waals surface area (Å²) in [5.74, 6) is 0. The van der Waals surface area contributed by atoms with E-state index in [1.54, 1.807) is 0 Å². The van der Waals surface area contributed by atoms with Crippen molar-refractivity contribution in [2.24, 2.45) is 0 Å². The normalized spacial score (nSPS) is 13.1. The van der Waals surface area contributed by atoms with Gasteiger partial charge in [0.1, 0.15) is 0 Å². The van der Waals surface area contributed by atoms with Crippen LogP contribution in [-0.4, -0.2) is 9.78 Å². The topological polar surface area (TPSA) is 17.8 Å². The Morgan fingerprint density at radius 3 is 2.86 bits per heavy atom. The van der Waals surface area contributed by atoms with E-state index >= 15 is 0 Å². The molecule has 14 heavy (non-hydrogen) atoms.